The van der Waals surface area contributed by atoms with Gasteiger partial charge in [0.1, 0.15) is 5.82 Å². The molecule has 1 nitrogen and oxygen atoms in total. The summed E-state index contributed by atoms with van der Waals surface area (Å²) in [5.41, 5.74) is 2.21. The number of nitrogens with zero attached hydrogens (tertiary/aromatic N) is 1. The Morgan fingerprint density at radius 1 is 1.19 bits per heavy atom. The van der Waals surface area contributed by atoms with Crippen molar-refractivity contribution in [2.75, 3.05) is 0 Å². The van der Waals surface area contributed by atoms with Gasteiger partial charge in [-0.25, -0.2) is 4.39 Å². The molecule has 0 fully saturated rings. The number of fused-ring (bicyclic) bond motifs is 1. The number of aromatic nitrogens is 1. The van der Waals surface area contributed by atoms with E-state index in [0.717, 1.165) is 17.4 Å². The van der Waals surface area contributed by atoms with Crippen molar-refractivity contribution in [3.05, 3.63) is 58.7 Å². The molecule has 0 radical (unpaired) electrons. The first-order valence-corrected chi connectivity index (χ1v) is 6.03. The maximum Gasteiger partial charge on any atom is 0.125 e. The van der Waals surface area contributed by atoms with E-state index in [1.807, 2.05) is 18.3 Å². The average Bonchev–Trinajstić information content (AvgIpc) is 2.90. The van der Waals surface area contributed by atoms with Crippen molar-refractivity contribution in [3.8, 4) is 0 Å². The highest BCUT2D eigenvalue weighted by Gasteiger charge is 2.03. The van der Waals surface area contributed by atoms with E-state index in [1.54, 1.807) is 17.4 Å². The maximum atomic E-state index is 13.2. The molecule has 0 N–H and O–H groups in total. The molecule has 2 aromatic heterocycles. The minimum absolute atomic E-state index is 0.183. The largest absolute Gasteiger partial charge is 0.343 e. The highest BCUT2D eigenvalue weighted by atomic mass is 32.1. The van der Waals surface area contributed by atoms with Crippen molar-refractivity contribution >= 4 is 22.2 Å². The lowest BCUT2D eigenvalue weighted by Gasteiger charge is -2.03. The minimum Gasteiger partial charge on any atom is -0.343 e. The van der Waals surface area contributed by atoms with Crippen LogP contribution in [0, 0.1) is 5.82 Å². The molecule has 3 heteroatoms. The molecular weight excluding hydrogens is 221 g/mol. The van der Waals surface area contributed by atoms with Crippen molar-refractivity contribution in [2.24, 2.45) is 0 Å². The Balaban J connectivity index is 2.07. The fraction of sp³-hybridized carbons (Fsp3) is 0.0769. The van der Waals surface area contributed by atoms with Crippen LogP contribution in [0.4, 0.5) is 4.39 Å². The number of hydrogen-bond acceptors (Lipinski definition) is 1. The molecule has 0 unspecified atom stereocenters. The van der Waals surface area contributed by atoms with E-state index in [4.69, 9.17) is 0 Å². The van der Waals surface area contributed by atoms with Crippen LogP contribution in [0.3, 0.4) is 0 Å². The fourth-order valence-electron chi connectivity index (χ4n) is 1.87. The molecule has 3 rings (SSSR count). The van der Waals surface area contributed by atoms with Crippen LogP contribution >= 0.6 is 11.3 Å². The van der Waals surface area contributed by atoms with Gasteiger partial charge < -0.3 is 4.57 Å². The number of rotatable bonds is 2. The molecule has 0 saturated carbocycles. The van der Waals surface area contributed by atoms with Crippen LogP contribution in [0.5, 0.6) is 0 Å². The van der Waals surface area contributed by atoms with Crippen molar-refractivity contribution in [1.29, 1.82) is 0 Å². The van der Waals surface area contributed by atoms with E-state index < -0.39 is 0 Å². The molecule has 0 saturated heterocycles. The van der Waals surface area contributed by atoms with Gasteiger partial charge in [-0.3, -0.25) is 0 Å². The van der Waals surface area contributed by atoms with Crippen LogP contribution in [0.25, 0.3) is 10.9 Å². The lowest BCUT2D eigenvalue weighted by atomic mass is 10.2. The van der Waals surface area contributed by atoms with Gasteiger partial charge in [-0.15, -0.1) is 0 Å². The number of halogens is 1. The van der Waals surface area contributed by atoms with Crippen LogP contribution in [0.15, 0.2) is 47.3 Å². The zero-order valence-electron chi connectivity index (χ0n) is 8.56. The average molecular weight is 231 g/mol. The molecule has 3 aromatic rings. The van der Waals surface area contributed by atoms with E-state index in [1.165, 1.54) is 11.6 Å². The Morgan fingerprint density at radius 3 is 2.94 bits per heavy atom. The summed E-state index contributed by atoms with van der Waals surface area (Å²) in [6, 6.07) is 9.00. The first-order chi connectivity index (χ1) is 7.83. The molecule has 80 valence electrons. The second-order valence-electron chi connectivity index (χ2n) is 3.78. The second kappa shape index (κ2) is 3.76. The smallest absolute Gasteiger partial charge is 0.125 e. The molecule has 0 spiro atoms. The molecule has 16 heavy (non-hydrogen) atoms. The summed E-state index contributed by atoms with van der Waals surface area (Å²) < 4.78 is 15.2. The van der Waals surface area contributed by atoms with Crippen LogP contribution in [0.1, 0.15) is 5.56 Å². The van der Waals surface area contributed by atoms with Gasteiger partial charge in [-0.1, -0.05) is 0 Å². The standard InChI is InChI=1S/C13H10FNS/c14-12-2-1-11-3-5-15(13(11)7-12)8-10-4-6-16-9-10/h1-7,9H,8H2. The monoisotopic (exact) mass is 231 g/mol. The van der Waals surface area contributed by atoms with Gasteiger partial charge in [0.15, 0.2) is 0 Å². The van der Waals surface area contributed by atoms with E-state index in [0.29, 0.717) is 0 Å². The van der Waals surface area contributed by atoms with Gasteiger partial charge in [-0.2, -0.15) is 11.3 Å². The van der Waals surface area contributed by atoms with Gasteiger partial charge in [0.25, 0.3) is 0 Å². The van der Waals surface area contributed by atoms with Crippen LogP contribution in [-0.4, -0.2) is 4.57 Å². The topological polar surface area (TPSA) is 4.93 Å². The van der Waals surface area contributed by atoms with Crippen LogP contribution in [-0.2, 0) is 6.54 Å². The molecule has 2 heterocycles. The highest BCUT2D eigenvalue weighted by molar-refractivity contribution is 7.07. The predicted octanol–water partition coefficient (Wildman–Crippen LogP) is 3.89. The molecule has 0 aliphatic carbocycles. The number of hydrogen-bond donors (Lipinski definition) is 0. The minimum atomic E-state index is -0.183. The zero-order valence-corrected chi connectivity index (χ0v) is 9.38. The predicted molar refractivity (Wildman–Crippen MR) is 65.3 cm³/mol. The summed E-state index contributed by atoms with van der Waals surface area (Å²) in [4.78, 5) is 0. The maximum absolute atomic E-state index is 13.2. The van der Waals surface area contributed by atoms with E-state index in [2.05, 4.69) is 21.4 Å². The molecule has 1 aromatic carbocycles. The van der Waals surface area contributed by atoms with E-state index in [-0.39, 0.29) is 5.82 Å². The first-order valence-electron chi connectivity index (χ1n) is 5.08. The molecular formula is C13H10FNS. The lowest BCUT2D eigenvalue weighted by Crippen LogP contribution is -1.96. The SMILES string of the molecule is Fc1ccc2ccn(Cc3ccsc3)c2c1. The normalized spacial score (nSPS) is 11.1. The van der Waals surface area contributed by atoms with E-state index in [9.17, 15) is 4.39 Å². The third kappa shape index (κ3) is 1.63. The quantitative estimate of drug-likeness (QED) is 0.630. The first kappa shape index (κ1) is 9.60. The van der Waals surface area contributed by atoms with Gasteiger partial charge >= 0.3 is 0 Å². The third-order valence-electron chi connectivity index (χ3n) is 2.67. The Morgan fingerprint density at radius 2 is 2.12 bits per heavy atom. The number of thiophene rings is 1. The fourth-order valence-corrected chi connectivity index (χ4v) is 2.53. The van der Waals surface area contributed by atoms with Gasteiger partial charge in [0.2, 0.25) is 0 Å². The third-order valence-corrected chi connectivity index (χ3v) is 3.40. The Hall–Kier alpha value is -1.61. The Labute approximate surface area is 96.8 Å². The summed E-state index contributed by atoms with van der Waals surface area (Å²) in [6.45, 7) is 0.802. The van der Waals surface area contributed by atoms with Gasteiger partial charge in [0.05, 0.1) is 5.52 Å². The summed E-state index contributed by atoms with van der Waals surface area (Å²) in [5.74, 6) is -0.183. The molecule has 0 amide bonds. The summed E-state index contributed by atoms with van der Waals surface area (Å²) >= 11 is 1.68. The molecule has 0 bridgehead atoms. The second-order valence-corrected chi connectivity index (χ2v) is 4.56. The summed E-state index contributed by atoms with van der Waals surface area (Å²) in [5, 5.41) is 5.25. The Bertz CT molecular complexity index is 610. The van der Waals surface area contributed by atoms with Crippen molar-refractivity contribution in [2.45, 2.75) is 6.54 Å². The van der Waals surface area contributed by atoms with Crippen LogP contribution < -0.4 is 0 Å². The number of benzene rings is 1. The van der Waals surface area contributed by atoms with Gasteiger partial charge in [-0.05, 0) is 52.0 Å². The summed E-state index contributed by atoms with van der Waals surface area (Å²) in [6.07, 6.45) is 2.00. The molecule has 0 aliphatic rings. The van der Waals surface area contributed by atoms with Crippen molar-refractivity contribution in [3.63, 3.8) is 0 Å². The van der Waals surface area contributed by atoms with Crippen molar-refractivity contribution in [1.82, 2.24) is 4.57 Å². The Kier molecular flexibility index (Phi) is 2.26. The van der Waals surface area contributed by atoms with E-state index >= 15 is 0 Å². The van der Waals surface area contributed by atoms with Crippen molar-refractivity contribution < 1.29 is 4.39 Å². The molecule has 0 atom stereocenters. The van der Waals surface area contributed by atoms with Crippen LogP contribution in [0.2, 0.25) is 0 Å². The molecule has 0 aliphatic heterocycles. The summed E-state index contributed by atoms with van der Waals surface area (Å²) in [7, 11) is 0. The lowest BCUT2D eigenvalue weighted by molar-refractivity contribution is 0.628. The zero-order chi connectivity index (χ0) is 11.0. The highest BCUT2D eigenvalue weighted by Crippen LogP contribution is 2.19. The van der Waals surface area contributed by atoms with Gasteiger partial charge in [0, 0.05) is 12.7 Å².